The highest BCUT2D eigenvalue weighted by Gasteiger charge is 2.19. The molecule has 120 valence electrons. The Kier molecular flexibility index (Phi) is 5.13. The van der Waals surface area contributed by atoms with Gasteiger partial charge >= 0.3 is 0 Å². The first kappa shape index (κ1) is 16.2. The van der Waals surface area contributed by atoms with Gasteiger partial charge in [0.2, 0.25) is 0 Å². The average Bonchev–Trinajstić information content (AvgIpc) is 2.58. The van der Waals surface area contributed by atoms with Crippen molar-refractivity contribution in [1.29, 1.82) is 0 Å². The molecule has 3 rings (SSSR count). The zero-order valence-electron chi connectivity index (χ0n) is 12.5. The molecular weight excluding hydrogens is 377 g/mol. The number of anilines is 2. The molecule has 0 saturated carbocycles. The fourth-order valence-electron chi connectivity index (χ4n) is 2.56. The van der Waals surface area contributed by atoms with Gasteiger partial charge in [0.05, 0.1) is 0 Å². The summed E-state index contributed by atoms with van der Waals surface area (Å²) in [6.45, 7) is 3.43. The smallest absolute Gasteiger partial charge is 0.173 e. The van der Waals surface area contributed by atoms with Gasteiger partial charge < -0.3 is 15.1 Å². The summed E-state index contributed by atoms with van der Waals surface area (Å²) >= 11 is 8.92. The zero-order valence-corrected chi connectivity index (χ0v) is 14.9. The van der Waals surface area contributed by atoms with Crippen molar-refractivity contribution in [1.82, 2.24) is 4.90 Å². The van der Waals surface area contributed by atoms with Gasteiger partial charge in [-0.15, -0.1) is 0 Å². The Morgan fingerprint density at radius 2 is 1.57 bits per heavy atom. The summed E-state index contributed by atoms with van der Waals surface area (Å²) in [7, 11) is 0. The van der Waals surface area contributed by atoms with Crippen molar-refractivity contribution in [3.63, 3.8) is 0 Å². The Morgan fingerprint density at radius 3 is 2.17 bits per heavy atom. The van der Waals surface area contributed by atoms with Gasteiger partial charge in [-0.3, -0.25) is 0 Å². The summed E-state index contributed by atoms with van der Waals surface area (Å²) < 4.78 is 14.0. The Hall–Kier alpha value is -1.66. The summed E-state index contributed by atoms with van der Waals surface area (Å²) in [5, 5.41) is 4.01. The predicted octanol–water partition coefficient (Wildman–Crippen LogP) is 4.11. The number of thiocarbonyl (C=S) groups is 1. The zero-order chi connectivity index (χ0) is 16.2. The van der Waals surface area contributed by atoms with E-state index in [0.717, 1.165) is 47.1 Å². The molecule has 1 heterocycles. The van der Waals surface area contributed by atoms with Crippen LogP contribution >= 0.6 is 28.1 Å². The maximum Gasteiger partial charge on any atom is 0.173 e. The van der Waals surface area contributed by atoms with Crippen LogP contribution in [0.4, 0.5) is 15.8 Å². The van der Waals surface area contributed by atoms with E-state index in [9.17, 15) is 4.39 Å². The number of hydrogen-bond donors (Lipinski definition) is 1. The first-order chi connectivity index (χ1) is 11.1. The molecule has 2 aromatic rings. The van der Waals surface area contributed by atoms with Crippen LogP contribution in [-0.2, 0) is 0 Å². The van der Waals surface area contributed by atoms with Crippen LogP contribution in [0.3, 0.4) is 0 Å². The molecule has 0 aromatic heterocycles. The second kappa shape index (κ2) is 7.27. The Bertz CT molecular complexity index is 667. The largest absolute Gasteiger partial charge is 0.368 e. The second-order valence-electron chi connectivity index (χ2n) is 5.39. The highest BCUT2D eigenvalue weighted by Crippen LogP contribution is 2.18. The van der Waals surface area contributed by atoms with Gasteiger partial charge in [0.15, 0.2) is 5.11 Å². The van der Waals surface area contributed by atoms with Crippen LogP contribution in [0.1, 0.15) is 0 Å². The van der Waals surface area contributed by atoms with E-state index in [2.05, 4.69) is 31.0 Å². The number of halogens is 2. The van der Waals surface area contributed by atoms with Crippen molar-refractivity contribution in [2.24, 2.45) is 0 Å². The lowest BCUT2D eigenvalue weighted by molar-refractivity contribution is 0.391. The quantitative estimate of drug-likeness (QED) is 0.773. The summed E-state index contributed by atoms with van der Waals surface area (Å²) in [6, 6.07) is 14.6. The van der Waals surface area contributed by atoms with E-state index in [1.165, 1.54) is 12.1 Å². The third kappa shape index (κ3) is 4.20. The van der Waals surface area contributed by atoms with Crippen molar-refractivity contribution < 1.29 is 4.39 Å². The summed E-state index contributed by atoms with van der Waals surface area (Å²) in [5.41, 5.74) is 2.04. The molecule has 2 aromatic carbocycles. The van der Waals surface area contributed by atoms with E-state index in [0.29, 0.717) is 0 Å². The first-order valence-corrected chi connectivity index (χ1v) is 8.64. The Balaban J connectivity index is 1.54. The molecule has 0 atom stereocenters. The number of benzene rings is 2. The van der Waals surface area contributed by atoms with Gasteiger partial charge in [0.1, 0.15) is 5.82 Å². The van der Waals surface area contributed by atoms with Crippen molar-refractivity contribution in [2.75, 3.05) is 36.4 Å². The molecule has 1 N–H and O–H groups in total. The number of nitrogens with zero attached hydrogens (tertiary/aromatic N) is 2. The maximum absolute atomic E-state index is 13.0. The molecular formula is C17H17BrFN3S. The number of rotatable bonds is 2. The van der Waals surface area contributed by atoms with Gasteiger partial charge in [-0.05, 0) is 60.7 Å². The number of piperazine rings is 1. The fourth-order valence-corrected chi connectivity index (χ4v) is 3.12. The van der Waals surface area contributed by atoms with Crippen LogP contribution in [0.25, 0.3) is 0 Å². The van der Waals surface area contributed by atoms with Gasteiger partial charge in [0.25, 0.3) is 0 Å². The second-order valence-corrected chi connectivity index (χ2v) is 6.69. The van der Waals surface area contributed by atoms with E-state index >= 15 is 0 Å². The van der Waals surface area contributed by atoms with Crippen molar-refractivity contribution in [3.05, 3.63) is 58.8 Å². The Labute approximate surface area is 149 Å². The van der Waals surface area contributed by atoms with Crippen LogP contribution in [-0.4, -0.2) is 36.2 Å². The van der Waals surface area contributed by atoms with Crippen LogP contribution in [0, 0.1) is 5.82 Å². The van der Waals surface area contributed by atoms with E-state index in [-0.39, 0.29) is 5.82 Å². The maximum atomic E-state index is 13.0. The van der Waals surface area contributed by atoms with Crippen molar-refractivity contribution in [3.8, 4) is 0 Å². The minimum Gasteiger partial charge on any atom is -0.368 e. The fraction of sp³-hybridized carbons (Fsp3) is 0.235. The van der Waals surface area contributed by atoms with E-state index in [1.54, 1.807) is 0 Å². The molecule has 0 unspecified atom stereocenters. The highest BCUT2D eigenvalue weighted by molar-refractivity contribution is 9.10. The molecule has 0 bridgehead atoms. The first-order valence-electron chi connectivity index (χ1n) is 7.44. The van der Waals surface area contributed by atoms with Gasteiger partial charge in [0, 0.05) is 42.0 Å². The third-order valence-corrected chi connectivity index (χ3v) is 4.74. The molecule has 1 aliphatic heterocycles. The summed E-state index contributed by atoms with van der Waals surface area (Å²) in [5.74, 6) is -0.202. The monoisotopic (exact) mass is 393 g/mol. The number of hydrogen-bond acceptors (Lipinski definition) is 2. The standard InChI is InChI=1S/C17H17BrFN3S/c18-13-1-5-15(6-2-13)20-17(23)22-11-9-21(10-12-22)16-7-3-14(19)4-8-16/h1-8H,9-12H2,(H,20,23). The highest BCUT2D eigenvalue weighted by atomic mass is 79.9. The van der Waals surface area contributed by atoms with Gasteiger partial charge in [-0.25, -0.2) is 4.39 Å². The van der Waals surface area contributed by atoms with Crippen molar-refractivity contribution >= 4 is 44.6 Å². The molecule has 0 spiro atoms. The van der Waals surface area contributed by atoms with Gasteiger partial charge in [-0.1, -0.05) is 15.9 Å². The molecule has 0 aliphatic carbocycles. The molecule has 23 heavy (non-hydrogen) atoms. The van der Waals surface area contributed by atoms with Crippen molar-refractivity contribution in [2.45, 2.75) is 0 Å². The summed E-state index contributed by atoms with van der Waals surface area (Å²) in [4.78, 5) is 4.41. The van der Waals surface area contributed by atoms with Crippen LogP contribution < -0.4 is 10.2 Å². The molecule has 1 aliphatic rings. The number of nitrogens with one attached hydrogen (secondary N) is 1. The van der Waals surface area contributed by atoms with Gasteiger partial charge in [-0.2, -0.15) is 0 Å². The minimum absolute atomic E-state index is 0.202. The Morgan fingerprint density at radius 1 is 0.957 bits per heavy atom. The molecule has 6 heteroatoms. The topological polar surface area (TPSA) is 18.5 Å². The van der Waals surface area contributed by atoms with E-state index in [1.807, 2.05) is 36.4 Å². The molecule has 3 nitrogen and oxygen atoms in total. The predicted molar refractivity (Wildman–Crippen MR) is 101 cm³/mol. The average molecular weight is 394 g/mol. The minimum atomic E-state index is -0.202. The lowest BCUT2D eigenvalue weighted by Gasteiger charge is -2.37. The van der Waals surface area contributed by atoms with E-state index in [4.69, 9.17) is 12.2 Å². The molecule has 1 saturated heterocycles. The van der Waals surface area contributed by atoms with Crippen LogP contribution in [0.2, 0.25) is 0 Å². The lowest BCUT2D eigenvalue weighted by Crippen LogP contribution is -2.50. The van der Waals surface area contributed by atoms with Crippen LogP contribution in [0.5, 0.6) is 0 Å². The van der Waals surface area contributed by atoms with Crippen LogP contribution in [0.15, 0.2) is 53.0 Å². The SMILES string of the molecule is Fc1ccc(N2CCN(C(=S)Nc3ccc(Br)cc3)CC2)cc1. The van der Waals surface area contributed by atoms with E-state index < -0.39 is 0 Å². The summed E-state index contributed by atoms with van der Waals surface area (Å²) in [6.07, 6.45) is 0. The lowest BCUT2D eigenvalue weighted by atomic mass is 10.2. The normalized spacial score (nSPS) is 14.7. The third-order valence-electron chi connectivity index (χ3n) is 3.85. The molecule has 0 amide bonds. The molecule has 0 radical (unpaired) electrons. The molecule has 1 fully saturated rings.